The van der Waals surface area contributed by atoms with Gasteiger partial charge in [0.1, 0.15) is 0 Å². The largest absolute Gasteiger partial charge is 0.324 e. The van der Waals surface area contributed by atoms with E-state index in [4.69, 9.17) is 5.73 Å². The van der Waals surface area contributed by atoms with E-state index in [1.807, 2.05) is 24.3 Å². The van der Waals surface area contributed by atoms with Crippen LogP contribution in [0.3, 0.4) is 0 Å². The number of nitrogens with two attached hydrogens (primary N) is 1. The fourth-order valence-electron chi connectivity index (χ4n) is 2.26. The molecule has 1 aromatic rings. The molecular formula is C14H17N3O2. The number of hydrogen-bond acceptors (Lipinski definition) is 3. The summed E-state index contributed by atoms with van der Waals surface area (Å²) < 4.78 is 0. The van der Waals surface area contributed by atoms with E-state index in [9.17, 15) is 9.59 Å². The van der Waals surface area contributed by atoms with Crippen LogP contribution in [0.25, 0.3) is 0 Å². The summed E-state index contributed by atoms with van der Waals surface area (Å²) in [6.07, 6.45) is 3.03. The second kappa shape index (κ2) is 4.35. The first-order valence-electron chi connectivity index (χ1n) is 6.59. The number of hydrogen-bond donors (Lipinski definition) is 2. The van der Waals surface area contributed by atoms with Crippen molar-refractivity contribution >= 4 is 23.2 Å². The number of rotatable bonds is 3. The van der Waals surface area contributed by atoms with E-state index >= 15 is 0 Å². The lowest BCUT2D eigenvalue weighted by atomic mass is 10.2. The van der Waals surface area contributed by atoms with Gasteiger partial charge in [0.25, 0.3) is 0 Å². The molecule has 5 nitrogen and oxygen atoms in total. The first kappa shape index (κ1) is 12.2. The van der Waals surface area contributed by atoms with Gasteiger partial charge in [-0.05, 0) is 43.5 Å². The van der Waals surface area contributed by atoms with Crippen LogP contribution in [0.15, 0.2) is 24.3 Å². The minimum absolute atomic E-state index is 0.127. The SMILES string of the molecule is NC1(C(=O)Nc2ccc(N3CCCC3=O)cc2)CC1. The highest BCUT2D eigenvalue weighted by atomic mass is 16.2. The molecule has 0 bridgehead atoms. The Balaban J connectivity index is 1.68. The summed E-state index contributed by atoms with van der Waals surface area (Å²) in [5, 5.41) is 2.81. The Kier molecular flexibility index (Phi) is 2.78. The third-order valence-electron chi connectivity index (χ3n) is 3.75. The van der Waals surface area contributed by atoms with Crippen molar-refractivity contribution in [1.29, 1.82) is 0 Å². The predicted molar refractivity (Wildman–Crippen MR) is 72.8 cm³/mol. The standard InChI is InChI=1S/C14H17N3O2/c15-14(7-8-14)13(19)16-10-3-5-11(6-4-10)17-9-1-2-12(17)18/h3-6H,1-2,7-9,15H2,(H,16,19). The molecule has 3 rings (SSSR count). The van der Waals surface area contributed by atoms with Gasteiger partial charge < -0.3 is 16.0 Å². The lowest BCUT2D eigenvalue weighted by Gasteiger charge is -2.16. The normalized spacial score (nSPS) is 20.5. The Morgan fingerprint density at radius 2 is 1.95 bits per heavy atom. The molecule has 0 spiro atoms. The van der Waals surface area contributed by atoms with Crippen molar-refractivity contribution in [3.05, 3.63) is 24.3 Å². The molecule has 1 aliphatic carbocycles. The Bertz CT molecular complexity index is 520. The zero-order chi connectivity index (χ0) is 13.5. The van der Waals surface area contributed by atoms with Gasteiger partial charge in [-0.1, -0.05) is 0 Å². The van der Waals surface area contributed by atoms with E-state index in [0.29, 0.717) is 6.42 Å². The first-order valence-corrected chi connectivity index (χ1v) is 6.59. The fraction of sp³-hybridized carbons (Fsp3) is 0.429. The monoisotopic (exact) mass is 259 g/mol. The number of carbonyl (C=O) groups is 2. The topological polar surface area (TPSA) is 75.4 Å². The average Bonchev–Trinajstić information content (AvgIpc) is 3.01. The second-order valence-electron chi connectivity index (χ2n) is 5.31. The molecule has 1 heterocycles. The summed E-state index contributed by atoms with van der Waals surface area (Å²) in [5.74, 6) is 0.0353. The van der Waals surface area contributed by atoms with Crippen LogP contribution in [-0.4, -0.2) is 23.9 Å². The Hall–Kier alpha value is -1.88. The molecule has 0 radical (unpaired) electrons. The van der Waals surface area contributed by atoms with Crippen LogP contribution < -0.4 is 16.0 Å². The van der Waals surface area contributed by atoms with Crippen LogP contribution in [0.1, 0.15) is 25.7 Å². The molecule has 2 fully saturated rings. The summed E-state index contributed by atoms with van der Waals surface area (Å²) in [7, 11) is 0. The summed E-state index contributed by atoms with van der Waals surface area (Å²) >= 11 is 0. The van der Waals surface area contributed by atoms with Crippen molar-refractivity contribution in [1.82, 2.24) is 0 Å². The smallest absolute Gasteiger partial charge is 0.244 e. The molecule has 5 heteroatoms. The van der Waals surface area contributed by atoms with Crippen LogP contribution in [-0.2, 0) is 9.59 Å². The Morgan fingerprint density at radius 1 is 1.26 bits per heavy atom. The lowest BCUT2D eigenvalue weighted by molar-refractivity contribution is -0.118. The molecule has 0 aromatic heterocycles. The van der Waals surface area contributed by atoms with Gasteiger partial charge in [0.05, 0.1) is 5.54 Å². The number of anilines is 2. The van der Waals surface area contributed by atoms with E-state index in [1.54, 1.807) is 4.90 Å². The van der Waals surface area contributed by atoms with Crippen LogP contribution in [0, 0.1) is 0 Å². The molecule has 1 aliphatic heterocycles. The zero-order valence-electron chi connectivity index (χ0n) is 10.7. The van der Waals surface area contributed by atoms with Crippen molar-refractivity contribution in [2.75, 3.05) is 16.8 Å². The van der Waals surface area contributed by atoms with Crippen molar-refractivity contribution in [2.24, 2.45) is 5.73 Å². The van der Waals surface area contributed by atoms with Gasteiger partial charge in [-0.3, -0.25) is 9.59 Å². The maximum absolute atomic E-state index is 11.8. The number of carbonyl (C=O) groups excluding carboxylic acids is 2. The molecular weight excluding hydrogens is 242 g/mol. The quantitative estimate of drug-likeness (QED) is 0.857. The van der Waals surface area contributed by atoms with Gasteiger partial charge in [0, 0.05) is 24.3 Å². The number of nitrogens with one attached hydrogen (secondary N) is 1. The fourth-order valence-corrected chi connectivity index (χ4v) is 2.26. The minimum Gasteiger partial charge on any atom is -0.324 e. The zero-order valence-corrected chi connectivity index (χ0v) is 10.7. The Labute approximate surface area is 111 Å². The molecule has 2 amide bonds. The third kappa shape index (κ3) is 2.33. The summed E-state index contributed by atoms with van der Waals surface area (Å²) in [6.45, 7) is 0.774. The van der Waals surface area contributed by atoms with Gasteiger partial charge in [0.2, 0.25) is 11.8 Å². The van der Waals surface area contributed by atoms with Crippen LogP contribution in [0.2, 0.25) is 0 Å². The van der Waals surface area contributed by atoms with Gasteiger partial charge in [-0.2, -0.15) is 0 Å². The minimum atomic E-state index is -0.663. The van der Waals surface area contributed by atoms with Crippen LogP contribution in [0.4, 0.5) is 11.4 Å². The number of nitrogens with zero attached hydrogens (tertiary/aromatic N) is 1. The van der Waals surface area contributed by atoms with Crippen LogP contribution >= 0.6 is 0 Å². The van der Waals surface area contributed by atoms with Gasteiger partial charge in [0.15, 0.2) is 0 Å². The van der Waals surface area contributed by atoms with Crippen molar-refractivity contribution in [3.63, 3.8) is 0 Å². The third-order valence-corrected chi connectivity index (χ3v) is 3.75. The van der Waals surface area contributed by atoms with E-state index < -0.39 is 5.54 Å². The van der Waals surface area contributed by atoms with Gasteiger partial charge >= 0.3 is 0 Å². The van der Waals surface area contributed by atoms with E-state index in [-0.39, 0.29) is 11.8 Å². The Morgan fingerprint density at radius 3 is 2.47 bits per heavy atom. The average molecular weight is 259 g/mol. The maximum atomic E-state index is 11.8. The predicted octanol–water partition coefficient (Wildman–Crippen LogP) is 1.24. The number of amides is 2. The molecule has 1 aromatic carbocycles. The molecule has 19 heavy (non-hydrogen) atoms. The van der Waals surface area contributed by atoms with Crippen molar-refractivity contribution < 1.29 is 9.59 Å². The van der Waals surface area contributed by atoms with E-state index in [1.165, 1.54) is 0 Å². The molecule has 1 saturated carbocycles. The van der Waals surface area contributed by atoms with Crippen molar-refractivity contribution in [2.45, 2.75) is 31.2 Å². The van der Waals surface area contributed by atoms with E-state index in [2.05, 4.69) is 5.32 Å². The lowest BCUT2D eigenvalue weighted by Crippen LogP contribution is -2.37. The second-order valence-corrected chi connectivity index (χ2v) is 5.31. The highest BCUT2D eigenvalue weighted by molar-refractivity contribution is 6.00. The van der Waals surface area contributed by atoms with Gasteiger partial charge in [-0.15, -0.1) is 0 Å². The molecule has 3 N–H and O–H groups in total. The highest BCUT2D eigenvalue weighted by Crippen LogP contribution is 2.33. The number of benzene rings is 1. The molecule has 1 saturated heterocycles. The molecule has 2 aliphatic rings. The highest BCUT2D eigenvalue weighted by Gasteiger charge is 2.45. The summed E-state index contributed by atoms with van der Waals surface area (Å²) in [4.78, 5) is 25.2. The summed E-state index contributed by atoms with van der Waals surface area (Å²) in [6, 6.07) is 7.33. The van der Waals surface area contributed by atoms with Crippen LogP contribution in [0.5, 0.6) is 0 Å². The molecule has 0 unspecified atom stereocenters. The maximum Gasteiger partial charge on any atom is 0.244 e. The summed E-state index contributed by atoms with van der Waals surface area (Å²) in [5.41, 5.74) is 6.76. The van der Waals surface area contributed by atoms with Crippen molar-refractivity contribution in [3.8, 4) is 0 Å². The van der Waals surface area contributed by atoms with E-state index in [0.717, 1.165) is 37.2 Å². The van der Waals surface area contributed by atoms with Gasteiger partial charge in [-0.25, -0.2) is 0 Å². The molecule has 100 valence electrons. The molecule has 0 atom stereocenters. The first-order chi connectivity index (χ1) is 9.08.